The summed E-state index contributed by atoms with van der Waals surface area (Å²) in [5, 5.41) is 6.08. The number of halogens is 1. The topological polar surface area (TPSA) is 50.4 Å². The lowest BCUT2D eigenvalue weighted by Gasteiger charge is -2.10. The first-order valence-corrected chi connectivity index (χ1v) is 7.43. The summed E-state index contributed by atoms with van der Waals surface area (Å²) < 4.78 is 5.53. The molecule has 2 amide bonds. The fourth-order valence-electron chi connectivity index (χ4n) is 1.81. The lowest BCUT2D eigenvalue weighted by molar-refractivity contribution is 0.247. The molecule has 2 rings (SSSR count). The van der Waals surface area contributed by atoms with Crippen molar-refractivity contribution >= 4 is 23.3 Å². The van der Waals surface area contributed by atoms with Gasteiger partial charge in [0.25, 0.3) is 0 Å². The first-order chi connectivity index (χ1) is 10.5. The number of nitrogens with one attached hydrogen (secondary N) is 2. The number of anilines is 1. The van der Waals surface area contributed by atoms with Gasteiger partial charge in [0.2, 0.25) is 0 Å². The van der Waals surface area contributed by atoms with Gasteiger partial charge >= 0.3 is 6.03 Å². The normalized spacial score (nSPS) is 10.1. The van der Waals surface area contributed by atoms with Crippen LogP contribution in [0.5, 0.6) is 5.75 Å². The average Bonchev–Trinajstić information content (AvgIpc) is 2.49. The smallest absolute Gasteiger partial charge is 0.319 e. The van der Waals surface area contributed by atoms with E-state index in [4.69, 9.17) is 16.3 Å². The summed E-state index contributed by atoms with van der Waals surface area (Å²) in [6.07, 6.45) is 0. The molecule has 0 heterocycles. The van der Waals surface area contributed by atoms with Crippen molar-refractivity contribution < 1.29 is 9.53 Å². The van der Waals surface area contributed by atoms with Crippen LogP contribution >= 0.6 is 11.6 Å². The Morgan fingerprint density at radius 3 is 2.55 bits per heavy atom. The van der Waals surface area contributed by atoms with E-state index >= 15 is 0 Å². The molecule has 2 N–H and O–H groups in total. The zero-order valence-corrected chi connectivity index (χ0v) is 13.4. The molecule has 0 aromatic heterocycles. The standard InChI is InChI=1S/C17H19ClN2O2/c1-12-3-7-15(8-4-12)22-10-9-19-17(21)20-14-6-5-13(2)16(18)11-14/h3-8,11H,9-10H2,1-2H3,(H2,19,20,21). The third-order valence-electron chi connectivity index (χ3n) is 3.11. The molecule has 0 spiro atoms. The number of urea groups is 1. The van der Waals surface area contributed by atoms with Gasteiger partial charge in [0.1, 0.15) is 12.4 Å². The highest BCUT2D eigenvalue weighted by atomic mass is 35.5. The quantitative estimate of drug-likeness (QED) is 0.813. The van der Waals surface area contributed by atoms with Gasteiger partial charge < -0.3 is 15.4 Å². The second kappa shape index (κ2) is 7.71. The molecule has 2 aromatic carbocycles. The molecule has 2 aromatic rings. The summed E-state index contributed by atoms with van der Waals surface area (Å²) in [6, 6.07) is 12.9. The Bertz CT molecular complexity index is 642. The van der Waals surface area contributed by atoms with Crippen molar-refractivity contribution in [2.75, 3.05) is 18.5 Å². The number of hydrogen-bond acceptors (Lipinski definition) is 2. The van der Waals surface area contributed by atoms with Gasteiger partial charge in [-0.05, 0) is 43.7 Å². The number of hydrogen-bond donors (Lipinski definition) is 2. The minimum Gasteiger partial charge on any atom is -0.492 e. The van der Waals surface area contributed by atoms with Gasteiger partial charge in [-0.1, -0.05) is 35.4 Å². The van der Waals surface area contributed by atoms with Crippen LogP contribution < -0.4 is 15.4 Å². The number of benzene rings is 2. The van der Waals surface area contributed by atoms with Gasteiger partial charge in [-0.25, -0.2) is 4.79 Å². The highest BCUT2D eigenvalue weighted by molar-refractivity contribution is 6.31. The molecule has 0 radical (unpaired) electrons. The van der Waals surface area contributed by atoms with Crippen LogP contribution in [0.15, 0.2) is 42.5 Å². The van der Waals surface area contributed by atoms with Crippen molar-refractivity contribution in [3.8, 4) is 5.75 Å². The Hall–Kier alpha value is -2.20. The van der Waals surface area contributed by atoms with E-state index in [-0.39, 0.29) is 6.03 Å². The molecule has 0 bridgehead atoms. The van der Waals surface area contributed by atoms with Gasteiger partial charge in [-0.15, -0.1) is 0 Å². The van der Waals surface area contributed by atoms with Crippen LogP contribution in [-0.4, -0.2) is 19.2 Å². The zero-order valence-electron chi connectivity index (χ0n) is 12.7. The first kappa shape index (κ1) is 16.2. The molecular formula is C17H19ClN2O2. The van der Waals surface area contributed by atoms with Crippen LogP contribution in [0, 0.1) is 13.8 Å². The monoisotopic (exact) mass is 318 g/mol. The van der Waals surface area contributed by atoms with Crippen molar-refractivity contribution in [3.05, 3.63) is 58.6 Å². The van der Waals surface area contributed by atoms with Crippen LogP contribution in [0.3, 0.4) is 0 Å². The fraction of sp³-hybridized carbons (Fsp3) is 0.235. The molecule has 4 nitrogen and oxygen atoms in total. The highest BCUT2D eigenvalue weighted by Crippen LogP contribution is 2.19. The Labute approximate surface area is 135 Å². The molecule has 0 unspecified atom stereocenters. The number of carbonyl (C=O) groups excluding carboxylic acids is 1. The number of rotatable bonds is 5. The van der Waals surface area contributed by atoms with Crippen LogP contribution in [0.2, 0.25) is 5.02 Å². The number of ether oxygens (including phenoxy) is 1. The van der Waals surface area contributed by atoms with Gasteiger partial charge in [-0.3, -0.25) is 0 Å². The summed E-state index contributed by atoms with van der Waals surface area (Å²) in [5.41, 5.74) is 2.81. The molecule has 0 fully saturated rings. The van der Waals surface area contributed by atoms with E-state index in [1.165, 1.54) is 5.56 Å². The molecule has 0 saturated carbocycles. The van der Waals surface area contributed by atoms with E-state index in [2.05, 4.69) is 10.6 Å². The summed E-state index contributed by atoms with van der Waals surface area (Å²) in [4.78, 5) is 11.7. The minimum atomic E-state index is -0.285. The molecule has 5 heteroatoms. The van der Waals surface area contributed by atoms with Crippen molar-refractivity contribution in [3.63, 3.8) is 0 Å². The first-order valence-electron chi connectivity index (χ1n) is 7.05. The predicted molar refractivity (Wildman–Crippen MR) is 89.9 cm³/mol. The van der Waals surface area contributed by atoms with Crippen LogP contribution in [-0.2, 0) is 0 Å². The SMILES string of the molecule is Cc1ccc(OCCNC(=O)Nc2ccc(C)c(Cl)c2)cc1. The molecule has 0 aliphatic heterocycles. The van der Waals surface area contributed by atoms with Gasteiger partial charge in [-0.2, -0.15) is 0 Å². The maximum Gasteiger partial charge on any atom is 0.319 e. The molecule has 116 valence electrons. The molecule has 0 atom stereocenters. The number of carbonyl (C=O) groups is 1. The average molecular weight is 319 g/mol. The van der Waals surface area contributed by atoms with E-state index in [0.29, 0.717) is 23.9 Å². The van der Waals surface area contributed by atoms with Crippen molar-refractivity contribution in [2.45, 2.75) is 13.8 Å². The van der Waals surface area contributed by atoms with E-state index in [1.807, 2.05) is 50.2 Å². The van der Waals surface area contributed by atoms with E-state index in [9.17, 15) is 4.79 Å². The summed E-state index contributed by atoms with van der Waals surface area (Å²) >= 11 is 6.01. The van der Waals surface area contributed by atoms with Crippen LogP contribution in [0.1, 0.15) is 11.1 Å². The maximum absolute atomic E-state index is 11.7. The summed E-state index contributed by atoms with van der Waals surface area (Å²) in [5.74, 6) is 0.790. The molecule has 0 saturated heterocycles. The Morgan fingerprint density at radius 2 is 1.86 bits per heavy atom. The number of aryl methyl sites for hydroxylation is 2. The second-order valence-electron chi connectivity index (χ2n) is 5.01. The summed E-state index contributed by atoms with van der Waals surface area (Å²) in [6.45, 7) is 4.76. The third-order valence-corrected chi connectivity index (χ3v) is 3.51. The molecule has 0 aliphatic rings. The second-order valence-corrected chi connectivity index (χ2v) is 5.41. The van der Waals surface area contributed by atoms with E-state index in [1.54, 1.807) is 6.07 Å². The largest absolute Gasteiger partial charge is 0.492 e. The molecule has 0 aliphatic carbocycles. The predicted octanol–water partition coefficient (Wildman–Crippen LogP) is 4.16. The fourth-order valence-corrected chi connectivity index (χ4v) is 1.99. The van der Waals surface area contributed by atoms with Crippen molar-refractivity contribution in [1.29, 1.82) is 0 Å². The van der Waals surface area contributed by atoms with E-state index in [0.717, 1.165) is 11.3 Å². The lowest BCUT2D eigenvalue weighted by atomic mass is 10.2. The van der Waals surface area contributed by atoms with E-state index < -0.39 is 0 Å². The third kappa shape index (κ3) is 4.97. The van der Waals surface area contributed by atoms with Gasteiger partial charge in [0.15, 0.2) is 0 Å². The Morgan fingerprint density at radius 1 is 1.14 bits per heavy atom. The zero-order chi connectivity index (χ0) is 15.9. The van der Waals surface area contributed by atoms with Crippen LogP contribution in [0.4, 0.5) is 10.5 Å². The van der Waals surface area contributed by atoms with Crippen molar-refractivity contribution in [2.24, 2.45) is 0 Å². The minimum absolute atomic E-state index is 0.285. The lowest BCUT2D eigenvalue weighted by Crippen LogP contribution is -2.32. The summed E-state index contributed by atoms with van der Waals surface area (Å²) in [7, 11) is 0. The maximum atomic E-state index is 11.7. The molecule has 22 heavy (non-hydrogen) atoms. The van der Waals surface area contributed by atoms with Gasteiger partial charge in [0.05, 0.1) is 6.54 Å². The highest BCUT2D eigenvalue weighted by Gasteiger charge is 2.03. The van der Waals surface area contributed by atoms with Crippen molar-refractivity contribution in [1.82, 2.24) is 5.32 Å². The Kier molecular flexibility index (Phi) is 5.67. The van der Waals surface area contributed by atoms with Crippen LogP contribution in [0.25, 0.3) is 0 Å². The number of amides is 2. The Balaban J connectivity index is 1.71. The molecular weight excluding hydrogens is 300 g/mol. The van der Waals surface area contributed by atoms with Gasteiger partial charge in [0, 0.05) is 10.7 Å².